The molecule has 0 aliphatic carbocycles. The topological polar surface area (TPSA) is 39.7 Å². The molecule has 1 fully saturated rings. The van der Waals surface area contributed by atoms with Crippen LogP contribution in [0.25, 0.3) is 0 Å². The number of aromatic nitrogens is 1. The molecule has 5 nitrogen and oxygen atoms in total. The van der Waals surface area contributed by atoms with Crippen LogP contribution in [0, 0.1) is 6.92 Å². The second-order valence-corrected chi connectivity index (χ2v) is 5.34. The summed E-state index contributed by atoms with van der Waals surface area (Å²) in [4.78, 5) is 18.0. The lowest BCUT2D eigenvalue weighted by atomic mass is 10.2. The molecule has 0 saturated carbocycles. The number of anilines is 1. The highest BCUT2D eigenvalue weighted by Crippen LogP contribution is 2.30. The molecule has 100 valence electrons. The van der Waals surface area contributed by atoms with Crippen LogP contribution in [0.3, 0.4) is 0 Å². The number of carbonyl (C=O) groups is 1. The van der Waals surface area contributed by atoms with Gasteiger partial charge in [0.15, 0.2) is 0 Å². The van der Waals surface area contributed by atoms with E-state index in [1.54, 1.807) is 4.90 Å². The van der Waals surface area contributed by atoms with Crippen LogP contribution < -0.4 is 4.90 Å². The van der Waals surface area contributed by atoms with Crippen LogP contribution in [0.1, 0.15) is 25.1 Å². The lowest BCUT2D eigenvalue weighted by Gasteiger charge is -2.39. The number of urea groups is 1. The zero-order valence-corrected chi connectivity index (χ0v) is 12.3. The fraction of sp³-hybridized carbons (Fsp3) is 0.667. The van der Waals surface area contributed by atoms with Crippen molar-refractivity contribution in [3.8, 4) is 0 Å². The van der Waals surface area contributed by atoms with E-state index in [2.05, 4.69) is 30.0 Å². The van der Waals surface area contributed by atoms with E-state index < -0.39 is 0 Å². The average Bonchev–Trinajstić information content (AvgIpc) is 2.73. The van der Waals surface area contributed by atoms with Crippen molar-refractivity contribution in [1.82, 2.24) is 14.2 Å². The van der Waals surface area contributed by atoms with E-state index in [0.29, 0.717) is 13.3 Å². The minimum atomic E-state index is 0.0640. The highest BCUT2D eigenvalue weighted by molar-refractivity contribution is 7.10. The number of aryl methyl sites for hydroxylation is 1. The van der Waals surface area contributed by atoms with Gasteiger partial charge in [-0.05, 0) is 31.4 Å². The highest BCUT2D eigenvalue weighted by Gasteiger charge is 2.30. The van der Waals surface area contributed by atoms with Crippen LogP contribution in [0.2, 0.25) is 0 Å². The Bertz CT molecular complexity index is 445. The Labute approximate surface area is 112 Å². The molecular weight excluding hydrogens is 248 g/mol. The lowest BCUT2D eigenvalue weighted by Crippen LogP contribution is -2.56. The van der Waals surface area contributed by atoms with Gasteiger partial charge in [0, 0.05) is 12.6 Å². The zero-order valence-electron chi connectivity index (χ0n) is 11.4. The normalized spacial score (nSPS) is 17.7. The molecule has 0 spiro atoms. The molecule has 0 bridgehead atoms. The lowest BCUT2D eigenvalue weighted by molar-refractivity contribution is 0.135. The summed E-state index contributed by atoms with van der Waals surface area (Å²) in [6.45, 7) is 8.55. The summed E-state index contributed by atoms with van der Waals surface area (Å²) in [5.74, 6) is 0. The molecule has 0 radical (unpaired) electrons. The molecule has 0 aromatic carbocycles. The van der Waals surface area contributed by atoms with Gasteiger partial charge < -0.3 is 4.90 Å². The summed E-state index contributed by atoms with van der Waals surface area (Å²) >= 11 is 1.43. The molecule has 6 heteroatoms. The third-order valence-corrected chi connectivity index (χ3v) is 4.35. The summed E-state index contributed by atoms with van der Waals surface area (Å²) in [5.41, 5.74) is 2.24. The van der Waals surface area contributed by atoms with Crippen molar-refractivity contribution < 1.29 is 4.79 Å². The van der Waals surface area contributed by atoms with Crippen molar-refractivity contribution in [2.24, 2.45) is 0 Å². The molecule has 0 unspecified atom stereocenters. The number of nitrogens with zero attached hydrogens (tertiary/aromatic N) is 4. The van der Waals surface area contributed by atoms with Crippen molar-refractivity contribution in [2.75, 3.05) is 31.8 Å². The molecule has 0 atom stereocenters. The van der Waals surface area contributed by atoms with Crippen LogP contribution >= 0.6 is 11.5 Å². The summed E-state index contributed by atoms with van der Waals surface area (Å²) in [6, 6.07) is 0.0640. The molecule has 18 heavy (non-hydrogen) atoms. The molecule has 0 N–H and O–H groups in total. The van der Waals surface area contributed by atoms with Crippen molar-refractivity contribution in [2.45, 2.75) is 27.2 Å². The summed E-state index contributed by atoms with van der Waals surface area (Å²) in [6.07, 6.45) is 0.914. The molecule has 1 aromatic heterocycles. The fourth-order valence-corrected chi connectivity index (χ4v) is 3.11. The third kappa shape index (κ3) is 2.22. The maximum Gasteiger partial charge on any atom is 0.327 e. The molecule has 2 amide bonds. The van der Waals surface area contributed by atoms with Gasteiger partial charge >= 0.3 is 6.03 Å². The number of carbonyl (C=O) groups excluding carboxylic acids is 1. The molecule has 1 aliphatic rings. The first kappa shape index (κ1) is 13.3. The van der Waals surface area contributed by atoms with Crippen molar-refractivity contribution in [1.29, 1.82) is 0 Å². The summed E-state index contributed by atoms with van der Waals surface area (Å²) in [7, 11) is 1.84. The second-order valence-electron chi connectivity index (χ2n) is 4.59. The van der Waals surface area contributed by atoms with E-state index >= 15 is 0 Å². The Morgan fingerprint density at radius 1 is 1.33 bits per heavy atom. The number of hydrogen-bond acceptors (Lipinski definition) is 4. The predicted octanol–water partition coefficient (Wildman–Crippen LogP) is 2.12. The smallest absolute Gasteiger partial charge is 0.314 e. The maximum atomic E-state index is 12.2. The van der Waals surface area contributed by atoms with E-state index in [0.717, 1.165) is 29.2 Å². The Balaban J connectivity index is 2.29. The molecule has 1 aliphatic heterocycles. The minimum absolute atomic E-state index is 0.0640. The first-order valence-electron chi connectivity index (χ1n) is 6.28. The monoisotopic (exact) mass is 268 g/mol. The summed E-state index contributed by atoms with van der Waals surface area (Å²) in [5, 5.41) is 0.988. The molecular formula is C12H20N4OS. The van der Waals surface area contributed by atoms with Gasteiger partial charge in [0.25, 0.3) is 0 Å². The van der Waals surface area contributed by atoms with E-state index in [-0.39, 0.29) is 6.03 Å². The van der Waals surface area contributed by atoms with Gasteiger partial charge in [0.1, 0.15) is 5.00 Å². The fourth-order valence-electron chi connectivity index (χ4n) is 2.16. The van der Waals surface area contributed by atoms with Crippen molar-refractivity contribution >= 4 is 22.6 Å². The first-order valence-corrected chi connectivity index (χ1v) is 7.05. The van der Waals surface area contributed by atoms with Crippen LogP contribution in [0.4, 0.5) is 9.80 Å². The highest BCUT2D eigenvalue weighted by atomic mass is 32.1. The van der Waals surface area contributed by atoms with Crippen LogP contribution in [-0.4, -0.2) is 47.1 Å². The van der Waals surface area contributed by atoms with Crippen molar-refractivity contribution in [3.63, 3.8) is 0 Å². The molecule has 2 rings (SSSR count). The Hall–Kier alpha value is -1.14. The van der Waals surface area contributed by atoms with E-state index in [9.17, 15) is 4.79 Å². The van der Waals surface area contributed by atoms with Crippen LogP contribution in [-0.2, 0) is 6.42 Å². The Morgan fingerprint density at radius 2 is 2.06 bits per heavy atom. The zero-order chi connectivity index (χ0) is 13.3. The van der Waals surface area contributed by atoms with Gasteiger partial charge in [0.2, 0.25) is 0 Å². The van der Waals surface area contributed by atoms with Gasteiger partial charge in [-0.2, -0.15) is 4.37 Å². The van der Waals surface area contributed by atoms with Gasteiger partial charge in [-0.1, -0.05) is 13.8 Å². The molecule has 1 aromatic rings. The second kappa shape index (κ2) is 5.24. The van der Waals surface area contributed by atoms with Gasteiger partial charge in [-0.3, -0.25) is 9.80 Å². The molecule has 2 heterocycles. The van der Waals surface area contributed by atoms with Gasteiger partial charge in [0.05, 0.1) is 19.0 Å². The largest absolute Gasteiger partial charge is 0.327 e. The maximum absolute atomic E-state index is 12.2. The minimum Gasteiger partial charge on any atom is -0.314 e. The quantitative estimate of drug-likeness (QED) is 0.843. The van der Waals surface area contributed by atoms with Gasteiger partial charge in [-0.15, -0.1) is 0 Å². The van der Waals surface area contributed by atoms with E-state index in [4.69, 9.17) is 0 Å². The SMILES string of the molecule is CCc1nsc(N2CN(CC)CN(C)C2=O)c1C. The third-order valence-electron chi connectivity index (χ3n) is 3.33. The first-order chi connectivity index (χ1) is 8.58. The van der Waals surface area contributed by atoms with Crippen molar-refractivity contribution in [3.05, 3.63) is 11.3 Å². The van der Waals surface area contributed by atoms with Crippen LogP contribution in [0.15, 0.2) is 0 Å². The Kier molecular flexibility index (Phi) is 3.87. The van der Waals surface area contributed by atoms with Crippen LogP contribution in [0.5, 0.6) is 0 Å². The van der Waals surface area contributed by atoms with E-state index in [1.165, 1.54) is 11.5 Å². The standard InChI is InChI=1S/C12H20N4OS/c1-5-10-9(3)11(18-13-10)16-8-15(6-2)7-14(4)12(16)17/h5-8H2,1-4H3. The Morgan fingerprint density at radius 3 is 2.61 bits per heavy atom. The summed E-state index contributed by atoms with van der Waals surface area (Å²) < 4.78 is 4.43. The molecule has 1 saturated heterocycles. The number of hydrogen-bond donors (Lipinski definition) is 0. The predicted molar refractivity (Wildman–Crippen MR) is 74.0 cm³/mol. The average molecular weight is 268 g/mol. The number of amides is 2. The van der Waals surface area contributed by atoms with E-state index in [1.807, 2.05) is 11.9 Å². The number of rotatable bonds is 3. The van der Waals surface area contributed by atoms with Gasteiger partial charge in [-0.25, -0.2) is 4.79 Å².